The number of rotatable bonds is 3. The standard InChI is InChI=1S/C15H9BrCl2O2/c16-11-5-1-9(2-6-11)12(19)7-3-10-4-8-13(20)15(18)14(10)17/h1-8,20H/b7-3+. The molecule has 0 saturated heterocycles. The summed E-state index contributed by atoms with van der Waals surface area (Å²) in [6, 6.07) is 10.1. The summed E-state index contributed by atoms with van der Waals surface area (Å²) < 4.78 is 0.909. The number of carbonyl (C=O) groups is 1. The van der Waals surface area contributed by atoms with E-state index in [1.165, 1.54) is 12.1 Å². The first-order valence-electron chi connectivity index (χ1n) is 5.64. The van der Waals surface area contributed by atoms with E-state index in [9.17, 15) is 9.90 Å². The van der Waals surface area contributed by atoms with Crippen LogP contribution in [0.2, 0.25) is 10.0 Å². The molecule has 0 spiro atoms. The molecule has 0 saturated carbocycles. The molecule has 0 fully saturated rings. The molecule has 0 aliphatic rings. The van der Waals surface area contributed by atoms with Crippen molar-refractivity contribution in [2.75, 3.05) is 0 Å². The largest absolute Gasteiger partial charge is 0.506 e. The van der Waals surface area contributed by atoms with Crippen LogP contribution in [0.15, 0.2) is 46.9 Å². The summed E-state index contributed by atoms with van der Waals surface area (Å²) in [6.07, 6.45) is 2.98. The van der Waals surface area contributed by atoms with Crippen molar-refractivity contribution in [1.82, 2.24) is 0 Å². The molecule has 20 heavy (non-hydrogen) atoms. The first-order valence-corrected chi connectivity index (χ1v) is 7.19. The number of hydrogen-bond acceptors (Lipinski definition) is 2. The van der Waals surface area contributed by atoms with E-state index in [2.05, 4.69) is 15.9 Å². The molecule has 0 atom stereocenters. The zero-order valence-corrected chi connectivity index (χ0v) is 13.2. The van der Waals surface area contributed by atoms with Gasteiger partial charge in [-0.3, -0.25) is 4.79 Å². The maximum atomic E-state index is 12.0. The summed E-state index contributed by atoms with van der Waals surface area (Å²) in [5.74, 6) is -0.231. The van der Waals surface area contributed by atoms with E-state index < -0.39 is 0 Å². The third kappa shape index (κ3) is 3.42. The molecule has 0 aromatic heterocycles. The molecule has 0 aliphatic carbocycles. The predicted octanol–water partition coefficient (Wildman–Crippen LogP) is 5.36. The van der Waals surface area contributed by atoms with Crippen molar-refractivity contribution in [2.45, 2.75) is 0 Å². The highest BCUT2D eigenvalue weighted by Gasteiger charge is 2.08. The molecule has 2 nitrogen and oxygen atoms in total. The summed E-state index contributed by atoms with van der Waals surface area (Å²) in [5.41, 5.74) is 1.14. The van der Waals surface area contributed by atoms with Gasteiger partial charge in [-0.1, -0.05) is 39.1 Å². The Kier molecular flexibility index (Phi) is 4.86. The molecule has 0 bridgehead atoms. The Bertz CT molecular complexity index is 679. The molecule has 102 valence electrons. The molecule has 2 aromatic rings. The van der Waals surface area contributed by atoms with Gasteiger partial charge in [-0.05, 0) is 54.1 Å². The molecule has 1 N–H and O–H groups in total. The van der Waals surface area contributed by atoms with Crippen LogP contribution in [-0.4, -0.2) is 10.9 Å². The van der Waals surface area contributed by atoms with Crippen LogP contribution in [0.5, 0.6) is 5.75 Å². The van der Waals surface area contributed by atoms with Gasteiger partial charge in [0.2, 0.25) is 0 Å². The maximum absolute atomic E-state index is 12.0. The minimum atomic E-state index is -0.141. The van der Waals surface area contributed by atoms with Crippen LogP contribution in [0.25, 0.3) is 6.08 Å². The summed E-state index contributed by atoms with van der Waals surface area (Å²) in [7, 11) is 0. The lowest BCUT2D eigenvalue weighted by atomic mass is 10.1. The Hall–Kier alpha value is -1.29. The van der Waals surface area contributed by atoms with E-state index in [0.29, 0.717) is 11.1 Å². The Morgan fingerprint density at radius 2 is 1.70 bits per heavy atom. The summed E-state index contributed by atoms with van der Waals surface area (Å²) in [4.78, 5) is 12.0. The molecule has 0 amide bonds. The van der Waals surface area contributed by atoms with Crippen molar-refractivity contribution < 1.29 is 9.90 Å². The Balaban J connectivity index is 2.23. The Morgan fingerprint density at radius 1 is 1.05 bits per heavy atom. The normalized spacial score (nSPS) is 10.9. The average molecular weight is 372 g/mol. The maximum Gasteiger partial charge on any atom is 0.185 e. The van der Waals surface area contributed by atoms with E-state index in [1.807, 2.05) is 0 Å². The number of benzene rings is 2. The van der Waals surface area contributed by atoms with Gasteiger partial charge >= 0.3 is 0 Å². The van der Waals surface area contributed by atoms with Crippen molar-refractivity contribution in [3.8, 4) is 5.75 Å². The van der Waals surface area contributed by atoms with E-state index >= 15 is 0 Å². The highest BCUT2D eigenvalue weighted by atomic mass is 79.9. The van der Waals surface area contributed by atoms with Crippen LogP contribution in [0.1, 0.15) is 15.9 Å². The van der Waals surface area contributed by atoms with E-state index in [4.69, 9.17) is 23.2 Å². The second-order valence-corrected chi connectivity index (χ2v) is 5.68. The fourth-order valence-corrected chi connectivity index (χ4v) is 2.22. The van der Waals surface area contributed by atoms with E-state index in [0.717, 1.165) is 4.47 Å². The quantitative estimate of drug-likeness (QED) is 0.582. The highest BCUT2D eigenvalue weighted by molar-refractivity contribution is 9.10. The number of hydrogen-bond donors (Lipinski definition) is 1. The minimum Gasteiger partial charge on any atom is -0.506 e. The first kappa shape index (κ1) is 15.1. The van der Waals surface area contributed by atoms with Gasteiger partial charge in [0.15, 0.2) is 5.78 Å². The van der Waals surface area contributed by atoms with Crippen molar-refractivity contribution in [1.29, 1.82) is 0 Å². The number of phenolic OH excluding ortho intramolecular Hbond substituents is 1. The third-order valence-electron chi connectivity index (χ3n) is 2.63. The molecule has 2 rings (SSSR count). The monoisotopic (exact) mass is 370 g/mol. The second kappa shape index (κ2) is 6.44. The molecule has 0 heterocycles. The van der Waals surface area contributed by atoms with Gasteiger partial charge in [0.05, 0.1) is 5.02 Å². The van der Waals surface area contributed by atoms with Gasteiger partial charge in [0.25, 0.3) is 0 Å². The lowest BCUT2D eigenvalue weighted by molar-refractivity contribution is 0.104. The van der Waals surface area contributed by atoms with Crippen molar-refractivity contribution in [3.63, 3.8) is 0 Å². The summed E-state index contributed by atoms with van der Waals surface area (Å²) in [6.45, 7) is 0. The third-order valence-corrected chi connectivity index (χ3v) is 4.05. The van der Waals surface area contributed by atoms with E-state index in [1.54, 1.807) is 36.4 Å². The first-order chi connectivity index (χ1) is 9.49. The van der Waals surface area contributed by atoms with Crippen molar-refractivity contribution >= 4 is 51.0 Å². The Morgan fingerprint density at radius 3 is 2.35 bits per heavy atom. The second-order valence-electron chi connectivity index (χ2n) is 4.01. The molecule has 5 heteroatoms. The topological polar surface area (TPSA) is 37.3 Å². The SMILES string of the molecule is O=C(/C=C/c1ccc(O)c(Cl)c1Cl)c1ccc(Br)cc1. The van der Waals surface area contributed by atoms with Gasteiger partial charge in [0, 0.05) is 10.0 Å². The smallest absolute Gasteiger partial charge is 0.185 e. The average Bonchev–Trinajstić information content (AvgIpc) is 2.44. The number of allylic oxidation sites excluding steroid dienone is 1. The molecular weight excluding hydrogens is 363 g/mol. The van der Waals surface area contributed by atoms with Gasteiger partial charge in [-0.15, -0.1) is 0 Å². The van der Waals surface area contributed by atoms with Gasteiger partial charge in [0.1, 0.15) is 10.8 Å². The lowest BCUT2D eigenvalue weighted by Gasteiger charge is -2.03. The zero-order chi connectivity index (χ0) is 14.7. The Labute approximate surface area is 134 Å². The predicted molar refractivity (Wildman–Crippen MR) is 85.6 cm³/mol. The summed E-state index contributed by atoms with van der Waals surface area (Å²) >= 11 is 15.1. The van der Waals surface area contributed by atoms with Crippen LogP contribution in [-0.2, 0) is 0 Å². The minimum absolute atomic E-state index is 0.0740. The van der Waals surface area contributed by atoms with Crippen LogP contribution < -0.4 is 0 Å². The molecular formula is C15H9BrCl2O2. The van der Waals surface area contributed by atoms with Gasteiger partial charge in [-0.25, -0.2) is 0 Å². The van der Waals surface area contributed by atoms with Crippen molar-refractivity contribution in [2.24, 2.45) is 0 Å². The van der Waals surface area contributed by atoms with Crippen molar-refractivity contribution in [3.05, 3.63) is 68.1 Å². The van der Waals surface area contributed by atoms with Crippen LogP contribution in [0, 0.1) is 0 Å². The zero-order valence-electron chi connectivity index (χ0n) is 10.1. The van der Waals surface area contributed by atoms with Crippen LogP contribution >= 0.6 is 39.1 Å². The highest BCUT2D eigenvalue weighted by Crippen LogP contribution is 2.34. The molecule has 2 aromatic carbocycles. The fourth-order valence-electron chi connectivity index (χ4n) is 1.56. The molecule has 0 aliphatic heterocycles. The van der Waals surface area contributed by atoms with Gasteiger partial charge < -0.3 is 5.11 Å². The lowest BCUT2D eigenvalue weighted by Crippen LogP contribution is -1.93. The fraction of sp³-hybridized carbons (Fsp3) is 0. The number of phenols is 1. The van der Waals surface area contributed by atoms with Gasteiger partial charge in [-0.2, -0.15) is 0 Å². The van der Waals surface area contributed by atoms with Crippen LogP contribution in [0.4, 0.5) is 0 Å². The number of aromatic hydroxyl groups is 1. The van der Waals surface area contributed by atoms with Crippen LogP contribution in [0.3, 0.4) is 0 Å². The molecule has 0 unspecified atom stereocenters. The molecule has 0 radical (unpaired) electrons. The summed E-state index contributed by atoms with van der Waals surface area (Å²) in [5, 5.41) is 9.68. The number of ketones is 1. The van der Waals surface area contributed by atoms with E-state index in [-0.39, 0.29) is 21.6 Å². The number of halogens is 3. The number of carbonyl (C=O) groups excluding carboxylic acids is 1.